The van der Waals surface area contributed by atoms with Crippen LogP contribution in [0.5, 0.6) is 0 Å². The molecule has 34 heavy (non-hydrogen) atoms. The van der Waals surface area contributed by atoms with Gasteiger partial charge in [-0.25, -0.2) is 17.5 Å². The average molecular weight is 484 g/mol. The van der Waals surface area contributed by atoms with Gasteiger partial charge >= 0.3 is 0 Å². The van der Waals surface area contributed by atoms with Gasteiger partial charge in [-0.2, -0.15) is 5.10 Å². The molecule has 0 atom stereocenters. The third-order valence-electron chi connectivity index (χ3n) is 4.67. The van der Waals surface area contributed by atoms with Gasteiger partial charge in [0, 0.05) is 23.9 Å². The Labute approximate surface area is 200 Å². The van der Waals surface area contributed by atoms with E-state index in [1.54, 1.807) is 54.2 Å². The molecule has 0 bridgehead atoms. The number of amides is 1. The van der Waals surface area contributed by atoms with Crippen LogP contribution in [0.4, 0.5) is 4.39 Å². The van der Waals surface area contributed by atoms with Crippen molar-refractivity contribution in [1.29, 1.82) is 0 Å². The second-order valence-electron chi connectivity index (χ2n) is 7.55. The molecule has 1 heterocycles. The van der Waals surface area contributed by atoms with Gasteiger partial charge in [0.05, 0.1) is 22.5 Å². The summed E-state index contributed by atoms with van der Waals surface area (Å²) in [6, 6.07) is 12.3. The van der Waals surface area contributed by atoms with E-state index < -0.39 is 9.84 Å². The number of sulfone groups is 1. The summed E-state index contributed by atoms with van der Waals surface area (Å²) in [5, 5.41) is 7.14. The second-order valence-corrected chi connectivity index (χ2v) is 9.56. The summed E-state index contributed by atoms with van der Waals surface area (Å²) in [4.78, 5) is 13.1. The third-order valence-corrected chi connectivity index (χ3v) is 5.78. The SMILES string of the molecule is C=Cc1c(/C(=C\C)C(=O)NCc2cccc(S(C)(=O)=O)c2)cnn1-c1ccc(F)cc1.CCC. The van der Waals surface area contributed by atoms with E-state index in [9.17, 15) is 17.6 Å². The summed E-state index contributed by atoms with van der Waals surface area (Å²) >= 11 is 0. The lowest BCUT2D eigenvalue weighted by Gasteiger charge is -2.11. The lowest BCUT2D eigenvalue weighted by Crippen LogP contribution is -2.24. The topological polar surface area (TPSA) is 81.1 Å². The Morgan fingerprint density at radius 2 is 1.82 bits per heavy atom. The Morgan fingerprint density at radius 3 is 2.38 bits per heavy atom. The minimum Gasteiger partial charge on any atom is -0.348 e. The van der Waals surface area contributed by atoms with E-state index in [2.05, 4.69) is 30.8 Å². The van der Waals surface area contributed by atoms with Crippen LogP contribution in [-0.4, -0.2) is 30.4 Å². The normalized spacial score (nSPS) is 11.4. The molecule has 2 aromatic carbocycles. The lowest BCUT2D eigenvalue weighted by molar-refractivity contribution is -0.115. The largest absolute Gasteiger partial charge is 0.348 e. The number of halogens is 1. The van der Waals surface area contributed by atoms with Crippen LogP contribution in [0.2, 0.25) is 0 Å². The van der Waals surface area contributed by atoms with Gasteiger partial charge in [-0.15, -0.1) is 0 Å². The quantitative estimate of drug-likeness (QED) is 0.469. The van der Waals surface area contributed by atoms with Crippen LogP contribution in [0, 0.1) is 5.82 Å². The third kappa shape index (κ3) is 6.74. The predicted molar refractivity (Wildman–Crippen MR) is 135 cm³/mol. The Hall–Kier alpha value is -3.52. The zero-order chi connectivity index (χ0) is 25.3. The molecule has 0 aliphatic rings. The molecule has 1 aromatic heterocycles. The maximum Gasteiger partial charge on any atom is 0.251 e. The summed E-state index contributed by atoms with van der Waals surface area (Å²) in [6.07, 6.45) is 7.19. The number of allylic oxidation sites excluding steroid dienone is 1. The molecule has 1 amide bonds. The standard InChI is InChI=1S/C23H22FN3O3S.C3H8/c1-4-20(23(28)25-14-16-7-6-8-19(13-16)31(3,29)30)21-15-26-27(22(21)5-2)18-11-9-17(24)10-12-18;1-3-2/h4-13,15H,2,14H2,1,3H3,(H,25,28);3H2,1-2H3/b20-4+;. The van der Waals surface area contributed by atoms with Gasteiger partial charge in [0.1, 0.15) is 5.82 Å². The molecule has 0 unspecified atom stereocenters. The van der Waals surface area contributed by atoms with Crippen LogP contribution in [-0.2, 0) is 21.2 Å². The highest BCUT2D eigenvalue weighted by atomic mass is 32.2. The Balaban J connectivity index is 0.00000129. The summed E-state index contributed by atoms with van der Waals surface area (Å²) in [7, 11) is -3.33. The van der Waals surface area contributed by atoms with E-state index in [1.807, 2.05) is 0 Å². The smallest absolute Gasteiger partial charge is 0.251 e. The first-order valence-electron chi connectivity index (χ1n) is 10.9. The molecular formula is C26H30FN3O3S. The summed E-state index contributed by atoms with van der Waals surface area (Å²) < 4.78 is 38.3. The molecule has 0 spiro atoms. The number of nitrogens with zero attached hydrogens (tertiary/aromatic N) is 2. The van der Waals surface area contributed by atoms with Gasteiger partial charge in [0.2, 0.25) is 0 Å². The Kier molecular flexibility index (Phi) is 9.50. The van der Waals surface area contributed by atoms with Crippen molar-refractivity contribution in [3.8, 4) is 5.69 Å². The molecule has 8 heteroatoms. The first-order valence-corrected chi connectivity index (χ1v) is 12.8. The van der Waals surface area contributed by atoms with E-state index in [0.29, 0.717) is 28.1 Å². The Morgan fingerprint density at radius 1 is 1.18 bits per heavy atom. The van der Waals surface area contributed by atoms with E-state index in [0.717, 1.165) is 6.26 Å². The van der Waals surface area contributed by atoms with Gasteiger partial charge in [-0.3, -0.25) is 4.79 Å². The van der Waals surface area contributed by atoms with Crippen LogP contribution >= 0.6 is 0 Å². The summed E-state index contributed by atoms with van der Waals surface area (Å²) in [5.41, 5.74) is 2.86. The molecule has 3 aromatic rings. The number of aromatic nitrogens is 2. The average Bonchev–Trinajstić information content (AvgIpc) is 3.22. The number of nitrogens with one attached hydrogen (secondary N) is 1. The van der Waals surface area contributed by atoms with E-state index in [1.165, 1.54) is 30.7 Å². The van der Waals surface area contributed by atoms with Gasteiger partial charge in [0.15, 0.2) is 9.84 Å². The maximum absolute atomic E-state index is 13.2. The monoisotopic (exact) mass is 483 g/mol. The van der Waals surface area contributed by atoms with Gasteiger partial charge in [-0.1, -0.05) is 45.1 Å². The Bertz CT molecular complexity index is 1280. The van der Waals surface area contributed by atoms with Crippen LogP contribution in [0.15, 0.2) is 72.3 Å². The molecule has 3 rings (SSSR count). The number of carbonyl (C=O) groups is 1. The fourth-order valence-corrected chi connectivity index (χ4v) is 3.81. The summed E-state index contributed by atoms with van der Waals surface area (Å²) in [5.74, 6) is -0.696. The minimum absolute atomic E-state index is 0.162. The van der Waals surface area contributed by atoms with Crippen LogP contribution in [0.25, 0.3) is 17.3 Å². The van der Waals surface area contributed by atoms with Crippen molar-refractivity contribution >= 4 is 27.4 Å². The second kappa shape index (κ2) is 12.1. The van der Waals surface area contributed by atoms with Crippen LogP contribution in [0.1, 0.15) is 44.0 Å². The van der Waals surface area contributed by atoms with E-state index in [-0.39, 0.29) is 23.2 Å². The zero-order valence-electron chi connectivity index (χ0n) is 19.9. The number of hydrogen-bond acceptors (Lipinski definition) is 4. The molecular weight excluding hydrogens is 453 g/mol. The van der Waals surface area contributed by atoms with Gasteiger partial charge in [0.25, 0.3) is 5.91 Å². The lowest BCUT2D eigenvalue weighted by atomic mass is 10.1. The zero-order valence-corrected chi connectivity index (χ0v) is 20.7. The first kappa shape index (κ1) is 26.7. The van der Waals surface area contributed by atoms with Crippen molar-refractivity contribution in [2.75, 3.05) is 6.26 Å². The number of rotatable bonds is 7. The molecule has 0 aliphatic heterocycles. The van der Waals surface area contributed by atoms with E-state index >= 15 is 0 Å². The minimum atomic E-state index is -3.33. The van der Waals surface area contributed by atoms with Gasteiger partial charge in [-0.05, 0) is 55.0 Å². The highest BCUT2D eigenvalue weighted by Crippen LogP contribution is 2.24. The predicted octanol–water partition coefficient (Wildman–Crippen LogP) is 5.19. The van der Waals surface area contributed by atoms with Crippen molar-refractivity contribution in [3.63, 3.8) is 0 Å². The first-order chi connectivity index (χ1) is 16.2. The number of hydrogen-bond donors (Lipinski definition) is 1. The fraction of sp³-hybridized carbons (Fsp3) is 0.231. The van der Waals surface area contributed by atoms with Crippen LogP contribution < -0.4 is 5.32 Å². The highest BCUT2D eigenvalue weighted by Gasteiger charge is 2.19. The fourth-order valence-electron chi connectivity index (χ4n) is 3.12. The molecule has 1 N–H and O–H groups in total. The summed E-state index contributed by atoms with van der Waals surface area (Å²) in [6.45, 7) is 9.97. The van der Waals surface area contributed by atoms with Crippen molar-refractivity contribution in [3.05, 3.63) is 90.0 Å². The maximum atomic E-state index is 13.2. The molecule has 180 valence electrons. The number of benzene rings is 2. The number of carbonyl (C=O) groups excluding carboxylic acids is 1. The highest BCUT2D eigenvalue weighted by molar-refractivity contribution is 7.90. The molecule has 0 saturated carbocycles. The van der Waals surface area contributed by atoms with Gasteiger partial charge < -0.3 is 5.32 Å². The molecule has 0 fully saturated rings. The molecule has 0 radical (unpaired) electrons. The molecule has 0 aliphatic carbocycles. The van der Waals surface area contributed by atoms with Crippen molar-refractivity contribution in [2.24, 2.45) is 0 Å². The van der Waals surface area contributed by atoms with Crippen molar-refractivity contribution in [1.82, 2.24) is 15.1 Å². The van der Waals surface area contributed by atoms with Crippen LogP contribution in [0.3, 0.4) is 0 Å². The molecule has 0 saturated heterocycles. The van der Waals surface area contributed by atoms with E-state index in [4.69, 9.17) is 0 Å². The van der Waals surface area contributed by atoms with Crippen molar-refractivity contribution in [2.45, 2.75) is 38.6 Å². The molecule has 6 nitrogen and oxygen atoms in total. The van der Waals surface area contributed by atoms with Crippen molar-refractivity contribution < 1.29 is 17.6 Å².